The number of carbonyl (C=O) groups excluding carboxylic acids is 1. The molecule has 1 aliphatic heterocycles. The number of carbonyl (C=O) groups is 1. The number of ether oxygens (including phenoxy) is 1. The van der Waals surface area contributed by atoms with Gasteiger partial charge in [0.1, 0.15) is 5.75 Å². The Morgan fingerprint density at radius 3 is 2.60 bits per heavy atom. The van der Waals surface area contributed by atoms with Gasteiger partial charge in [0.05, 0.1) is 0 Å². The van der Waals surface area contributed by atoms with Crippen molar-refractivity contribution >= 4 is 17.5 Å². The summed E-state index contributed by atoms with van der Waals surface area (Å²) >= 11 is 6.00. The second-order valence-electron chi connectivity index (χ2n) is 5.57. The van der Waals surface area contributed by atoms with E-state index in [1.165, 1.54) is 0 Å². The van der Waals surface area contributed by atoms with Gasteiger partial charge in [-0.25, -0.2) is 0 Å². The first-order valence-electron chi connectivity index (χ1n) is 6.85. The van der Waals surface area contributed by atoms with E-state index in [2.05, 4.69) is 5.32 Å². The molecule has 1 N–H and O–H groups in total. The molecule has 0 radical (unpaired) electrons. The predicted octanol–water partition coefficient (Wildman–Crippen LogP) is 2.24. The van der Waals surface area contributed by atoms with E-state index >= 15 is 0 Å². The molecule has 1 fully saturated rings. The number of benzene rings is 1. The highest BCUT2D eigenvalue weighted by Gasteiger charge is 2.34. The highest BCUT2D eigenvalue weighted by Crippen LogP contribution is 2.25. The lowest BCUT2D eigenvalue weighted by Gasteiger charge is -2.34. The molecule has 0 bridgehead atoms. The van der Waals surface area contributed by atoms with Crippen molar-refractivity contribution in [1.29, 1.82) is 0 Å². The van der Waals surface area contributed by atoms with Crippen LogP contribution in [0.4, 0.5) is 0 Å². The maximum absolute atomic E-state index is 12.5. The van der Waals surface area contributed by atoms with Gasteiger partial charge in [-0.15, -0.1) is 0 Å². The van der Waals surface area contributed by atoms with Gasteiger partial charge >= 0.3 is 0 Å². The number of rotatable bonds is 3. The van der Waals surface area contributed by atoms with Gasteiger partial charge in [0.25, 0.3) is 5.91 Å². The second kappa shape index (κ2) is 6.02. The van der Waals surface area contributed by atoms with Gasteiger partial charge in [-0.2, -0.15) is 0 Å². The van der Waals surface area contributed by atoms with Crippen molar-refractivity contribution in [3.63, 3.8) is 0 Å². The number of nitrogens with one attached hydrogen (secondary N) is 1. The molecule has 1 aromatic rings. The van der Waals surface area contributed by atoms with Crippen LogP contribution in [-0.2, 0) is 4.79 Å². The van der Waals surface area contributed by atoms with Crippen LogP contribution < -0.4 is 10.1 Å². The fraction of sp³-hybridized carbons (Fsp3) is 0.533. The van der Waals surface area contributed by atoms with Crippen LogP contribution in [0, 0.1) is 6.92 Å². The third-order valence-electron chi connectivity index (χ3n) is 3.42. The van der Waals surface area contributed by atoms with Gasteiger partial charge in [-0.3, -0.25) is 4.79 Å². The molecule has 20 heavy (non-hydrogen) atoms. The topological polar surface area (TPSA) is 41.6 Å². The van der Waals surface area contributed by atoms with Gasteiger partial charge in [0.2, 0.25) is 0 Å². The molecular weight excluding hydrogens is 276 g/mol. The van der Waals surface area contributed by atoms with Crippen LogP contribution in [0.15, 0.2) is 18.2 Å². The quantitative estimate of drug-likeness (QED) is 0.930. The first kappa shape index (κ1) is 15.1. The van der Waals surface area contributed by atoms with E-state index in [1.54, 1.807) is 26.0 Å². The van der Waals surface area contributed by atoms with E-state index in [0.29, 0.717) is 10.8 Å². The molecular formula is C15H21ClN2O2. The minimum absolute atomic E-state index is 0.0200. The van der Waals surface area contributed by atoms with E-state index < -0.39 is 5.60 Å². The summed E-state index contributed by atoms with van der Waals surface area (Å²) in [6, 6.07) is 5.44. The molecule has 1 aromatic carbocycles. The maximum Gasteiger partial charge on any atom is 0.266 e. The average molecular weight is 297 g/mol. The fourth-order valence-electron chi connectivity index (χ4n) is 2.27. The zero-order chi connectivity index (χ0) is 14.8. The van der Waals surface area contributed by atoms with Crippen LogP contribution in [-0.4, -0.2) is 42.6 Å². The third-order valence-corrected chi connectivity index (χ3v) is 3.85. The van der Waals surface area contributed by atoms with Crippen molar-refractivity contribution < 1.29 is 9.53 Å². The highest BCUT2D eigenvalue weighted by atomic mass is 35.5. The summed E-state index contributed by atoms with van der Waals surface area (Å²) in [6.07, 6.45) is 0. The molecule has 0 unspecified atom stereocenters. The van der Waals surface area contributed by atoms with Crippen LogP contribution in [0.5, 0.6) is 5.75 Å². The minimum Gasteiger partial charge on any atom is -0.478 e. The molecule has 1 heterocycles. The van der Waals surface area contributed by atoms with Crippen molar-refractivity contribution in [3.05, 3.63) is 28.8 Å². The Balaban J connectivity index is 2.08. The molecule has 4 nitrogen and oxygen atoms in total. The highest BCUT2D eigenvalue weighted by molar-refractivity contribution is 6.31. The average Bonchev–Trinajstić information content (AvgIpc) is 2.43. The summed E-state index contributed by atoms with van der Waals surface area (Å²) in [5.74, 6) is 0.687. The smallest absolute Gasteiger partial charge is 0.266 e. The van der Waals surface area contributed by atoms with Crippen LogP contribution in [0.2, 0.25) is 5.02 Å². The summed E-state index contributed by atoms with van der Waals surface area (Å²) in [5, 5.41) is 3.93. The van der Waals surface area contributed by atoms with Crippen LogP contribution in [0.1, 0.15) is 19.4 Å². The van der Waals surface area contributed by atoms with E-state index in [9.17, 15) is 4.79 Å². The number of nitrogens with zero attached hydrogens (tertiary/aromatic N) is 1. The standard InChI is InChI=1S/C15H21ClN2O2/c1-11-10-12(4-5-13(11)16)20-15(2,3)14(19)18-8-6-17-7-9-18/h4-5,10,17H,6-9H2,1-3H3. The number of amides is 1. The van der Waals surface area contributed by atoms with Crippen LogP contribution in [0.25, 0.3) is 0 Å². The molecule has 2 rings (SSSR count). The largest absolute Gasteiger partial charge is 0.478 e. The van der Waals surface area contributed by atoms with Gasteiger partial charge in [0.15, 0.2) is 5.60 Å². The molecule has 1 saturated heterocycles. The number of hydrogen-bond donors (Lipinski definition) is 1. The number of aryl methyl sites for hydroxylation is 1. The normalized spacial score (nSPS) is 16.1. The minimum atomic E-state index is -0.877. The van der Waals surface area contributed by atoms with E-state index in [1.807, 2.05) is 17.9 Å². The van der Waals surface area contributed by atoms with Gasteiger partial charge < -0.3 is 15.0 Å². The Bertz CT molecular complexity index is 497. The van der Waals surface area contributed by atoms with Crippen molar-refractivity contribution in [3.8, 4) is 5.75 Å². The van der Waals surface area contributed by atoms with Gasteiger partial charge in [-0.1, -0.05) is 11.6 Å². The molecule has 0 spiro atoms. The predicted molar refractivity (Wildman–Crippen MR) is 80.3 cm³/mol. The number of piperazine rings is 1. The lowest BCUT2D eigenvalue weighted by Crippen LogP contribution is -2.54. The molecule has 5 heteroatoms. The van der Waals surface area contributed by atoms with Gasteiger partial charge in [-0.05, 0) is 44.5 Å². The van der Waals surface area contributed by atoms with E-state index in [4.69, 9.17) is 16.3 Å². The zero-order valence-corrected chi connectivity index (χ0v) is 13.0. The van der Waals surface area contributed by atoms with Crippen molar-refractivity contribution in [1.82, 2.24) is 10.2 Å². The Labute approximate surface area is 125 Å². The first-order chi connectivity index (χ1) is 9.40. The number of hydrogen-bond acceptors (Lipinski definition) is 3. The lowest BCUT2D eigenvalue weighted by molar-refractivity contribution is -0.146. The first-order valence-corrected chi connectivity index (χ1v) is 7.23. The van der Waals surface area contributed by atoms with Crippen LogP contribution >= 0.6 is 11.6 Å². The molecule has 0 aromatic heterocycles. The molecule has 0 atom stereocenters. The monoisotopic (exact) mass is 296 g/mol. The number of halogens is 1. The fourth-order valence-corrected chi connectivity index (χ4v) is 2.39. The summed E-state index contributed by atoms with van der Waals surface area (Å²) < 4.78 is 5.88. The molecule has 1 aliphatic rings. The summed E-state index contributed by atoms with van der Waals surface area (Å²) in [6.45, 7) is 8.66. The zero-order valence-electron chi connectivity index (χ0n) is 12.2. The van der Waals surface area contributed by atoms with Crippen molar-refractivity contribution in [2.75, 3.05) is 26.2 Å². The van der Waals surface area contributed by atoms with E-state index in [0.717, 1.165) is 31.7 Å². The van der Waals surface area contributed by atoms with Crippen molar-refractivity contribution in [2.24, 2.45) is 0 Å². The Kier molecular flexibility index (Phi) is 4.55. The Hall–Kier alpha value is -1.26. The third kappa shape index (κ3) is 3.44. The van der Waals surface area contributed by atoms with Crippen molar-refractivity contribution in [2.45, 2.75) is 26.4 Å². The van der Waals surface area contributed by atoms with E-state index in [-0.39, 0.29) is 5.91 Å². The molecule has 0 saturated carbocycles. The summed E-state index contributed by atoms with van der Waals surface area (Å²) in [4.78, 5) is 14.4. The molecule has 1 amide bonds. The summed E-state index contributed by atoms with van der Waals surface area (Å²) in [7, 11) is 0. The summed E-state index contributed by atoms with van der Waals surface area (Å²) in [5.41, 5.74) is 0.0621. The maximum atomic E-state index is 12.5. The molecule has 110 valence electrons. The van der Waals surface area contributed by atoms with Gasteiger partial charge in [0, 0.05) is 31.2 Å². The lowest BCUT2D eigenvalue weighted by atomic mass is 10.1. The molecule has 0 aliphatic carbocycles. The Morgan fingerprint density at radius 1 is 1.35 bits per heavy atom. The Morgan fingerprint density at radius 2 is 2.00 bits per heavy atom. The van der Waals surface area contributed by atoms with Crippen LogP contribution in [0.3, 0.4) is 0 Å². The second-order valence-corrected chi connectivity index (χ2v) is 5.97. The SMILES string of the molecule is Cc1cc(OC(C)(C)C(=O)N2CCNCC2)ccc1Cl.